The average Bonchev–Trinajstić information content (AvgIpc) is 3.22. The number of nitrogens with one attached hydrogen (secondary N) is 2. The molecule has 1 aromatic heterocycles. The maximum Gasteiger partial charge on any atom is 0.240 e. The van der Waals surface area contributed by atoms with Crippen LogP contribution in [-0.4, -0.2) is 31.7 Å². The van der Waals surface area contributed by atoms with Gasteiger partial charge in [0.1, 0.15) is 0 Å². The first-order chi connectivity index (χ1) is 11.6. The van der Waals surface area contributed by atoms with Gasteiger partial charge in [-0.05, 0) is 36.2 Å². The van der Waals surface area contributed by atoms with Crippen LogP contribution in [0.2, 0.25) is 0 Å². The lowest BCUT2D eigenvalue weighted by molar-refractivity contribution is 0.174. The Morgan fingerprint density at radius 1 is 1.12 bits per heavy atom. The highest BCUT2D eigenvalue weighted by Gasteiger charge is 2.19. The predicted octanol–water partition coefficient (Wildman–Crippen LogP) is 1.81. The third kappa shape index (κ3) is 2.81. The van der Waals surface area contributed by atoms with E-state index in [1.54, 1.807) is 12.4 Å². The Balaban J connectivity index is 1.44. The van der Waals surface area contributed by atoms with Gasteiger partial charge in [0.05, 0.1) is 22.3 Å². The Kier molecular flexibility index (Phi) is 3.62. The number of hydrogen-bond donors (Lipinski definition) is 2. The van der Waals surface area contributed by atoms with Gasteiger partial charge >= 0.3 is 0 Å². The highest BCUT2D eigenvalue weighted by Crippen LogP contribution is 2.33. The fraction of sp³-hybridized carbons (Fsp3) is 0.188. The van der Waals surface area contributed by atoms with E-state index in [1.165, 1.54) is 12.1 Å². The number of H-pyrrole nitrogens is 1. The molecule has 0 saturated heterocycles. The van der Waals surface area contributed by atoms with Crippen LogP contribution in [0.4, 0.5) is 0 Å². The van der Waals surface area contributed by atoms with Crippen LogP contribution >= 0.6 is 0 Å². The van der Waals surface area contributed by atoms with Gasteiger partial charge in [-0.25, -0.2) is 18.1 Å². The zero-order valence-electron chi connectivity index (χ0n) is 12.7. The van der Waals surface area contributed by atoms with Crippen molar-refractivity contribution < 1.29 is 17.9 Å². The number of benzene rings is 2. The molecule has 0 saturated carbocycles. The first-order valence-electron chi connectivity index (χ1n) is 7.43. The van der Waals surface area contributed by atoms with Gasteiger partial charge in [0.2, 0.25) is 16.8 Å². The molecule has 0 unspecified atom stereocenters. The lowest BCUT2D eigenvalue weighted by Crippen LogP contribution is -2.26. The van der Waals surface area contributed by atoms with Crippen LogP contribution in [0.15, 0.2) is 47.6 Å². The number of nitrogens with zero attached hydrogens (tertiary/aromatic N) is 1. The normalized spacial score (nSPS) is 13.5. The number of rotatable bonds is 5. The fourth-order valence-corrected chi connectivity index (χ4v) is 3.64. The molecule has 24 heavy (non-hydrogen) atoms. The molecule has 7 nitrogen and oxygen atoms in total. The van der Waals surface area contributed by atoms with E-state index in [1.807, 2.05) is 18.2 Å². The zero-order valence-corrected chi connectivity index (χ0v) is 13.5. The van der Waals surface area contributed by atoms with E-state index in [0.29, 0.717) is 24.5 Å². The lowest BCUT2D eigenvalue weighted by Gasteiger charge is -2.08. The summed E-state index contributed by atoms with van der Waals surface area (Å²) < 4.78 is 37.8. The molecular formula is C16H15N3O4S. The third-order valence-corrected chi connectivity index (χ3v) is 5.30. The molecule has 2 heterocycles. The van der Waals surface area contributed by atoms with Gasteiger partial charge < -0.3 is 14.5 Å². The van der Waals surface area contributed by atoms with Gasteiger partial charge in [0.25, 0.3) is 0 Å². The number of imidazole rings is 1. The van der Waals surface area contributed by atoms with Crippen molar-refractivity contribution in [2.45, 2.75) is 11.3 Å². The summed E-state index contributed by atoms with van der Waals surface area (Å²) in [4.78, 5) is 7.36. The third-order valence-electron chi connectivity index (χ3n) is 3.84. The highest BCUT2D eigenvalue weighted by molar-refractivity contribution is 7.89. The molecule has 1 aliphatic rings. The van der Waals surface area contributed by atoms with Crippen molar-refractivity contribution in [3.05, 3.63) is 48.3 Å². The van der Waals surface area contributed by atoms with Crippen LogP contribution in [0, 0.1) is 0 Å². The summed E-state index contributed by atoms with van der Waals surface area (Å²) in [6.45, 7) is 0.415. The van der Waals surface area contributed by atoms with Crippen molar-refractivity contribution in [2.24, 2.45) is 0 Å². The summed E-state index contributed by atoms with van der Waals surface area (Å²) >= 11 is 0. The second-order valence-corrected chi connectivity index (χ2v) is 7.18. The summed E-state index contributed by atoms with van der Waals surface area (Å²) in [6, 6.07) is 10.4. The molecular weight excluding hydrogens is 330 g/mol. The van der Waals surface area contributed by atoms with Crippen molar-refractivity contribution >= 4 is 21.1 Å². The number of sulfonamides is 1. The van der Waals surface area contributed by atoms with Crippen LogP contribution in [0.25, 0.3) is 11.0 Å². The Bertz CT molecular complexity index is 997. The zero-order chi connectivity index (χ0) is 16.6. The molecule has 0 bridgehead atoms. The molecule has 2 aromatic carbocycles. The molecule has 2 N–H and O–H groups in total. The molecule has 0 fully saturated rings. The van der Waals surface area contributed by atoms with Crippen molar-refractivity contribution in [1.29, 1.82) is 0 Å². The minimum atomic E-state index is -3.59. The number of ether oxygens (including phenoxy) is 2. The topological polar surface area (TPSA) is 93.3 Å². The molecule has 0 spiro atoms. The van der Waals surface area contributed by atoms with E-state index < -0.39 is 10.0 Å². The van der Waals surface area contributed by atoms with Crippen LogP contribution in [0.5, 0.6) is 11.5 Å². The summed E-state index contributed by atoms with van der Waals surface area (Å²) in [5, 5.41) is 0. The van der Waals surface area contributed by atoms with Crippen LogP contribution in [-0.2, 0) is 16.4 Å². The molecule has 1 aliphatic heterocycles. The summed E-state index contributed by atoms with van der Waals surface area (Å²) in [5.74, 6) is 1.00. The van der Waals surface area contributed by atoms with Crippen LogP contribution in [0.3, 0.4) is 0 Å². The molecule has 0 radical (unpaired) electrons. The second-order valence-electron chi connectivity index (χ2n) is 5.42. The molecule has 0 aliphatic carbocycles. The highest BCUT2D eigenvalue weighted by atomic mass is 32.2. The van der Waals surface area contributed by atoms with Gasteiger partial charge in [-0.2, -0.15) is 0 Å². The second kappa shape index (κ2) is 5.81. The minimum Gasteiger partial charge on any atom is -0.454 e. The van der Waals surface area contributed by atoms with E-state index >= 15 is 0 Å². The summed E-state index contributed by atoms with van der Waals surface area (Å²) in [6.07, 6.45) is 2.22. The largest absolute Gasteiger partial charge is 0.454 e. The quantitative estimate of drug-likeness (QED) is 0.736. The van der Waals surface area contributed by atoms with Gasteiger partial charge in [0, 0.05) is 12.6 Å². The minimum absolute atomic E-state index is 0.113. The Hall–Kier alpha value is -2.58. The summed E-state index contributed by atoms with van der Waals surface area (Å²) in [7, 11) is -3.59. The van der Waals surface area contributed by atoms with Gasteiger partial charge in [-0.3, -0.25) is 0 Å². The SMILES string of the molecule is O=S(=O)(NCCc1ccc2nc[nH]c2c1)c1ccc2c(c1)OCO2. The Morgan fingerprint density at radius 3 is 2.92 bits per heavy atom. The van der Waals surface area contributed by atoms with E-state index in [2.05, 4.69) is 14.7 Å². The monoisotopic (exact) mass is 345 g/mol. The van der Waals surface area contributed by atoms with E-state index in [9.17, 15) is 8.42 Å². The molecule has 8 heteroatoms. The number of aromatic nitrogens is 2. The molecule has 124 valence electrons. The van der Waals surface area contributed by atoms with Crippen LogP contribution in [0.1, 0.15) is 5.56 Å². The standard InChI is InChI=1S/C16H15N3O4S/c20-24(21,12-2-4-15-16(8-12)23-10-22-15)19-6-5-11-1-3-13-14(7-11)18-9-17-13/h1-4,7-9,19H,5-6,10H2,(H,17,18). The van der Waals surface area contributed by atoms with Crippen molar-refractivity contribution in [2.75, 3.05) is 13.3 Å². The van der Waals surface area contributed by atoms with Crippen molar-refractivity contribution in [1.82, 2.24) is 14.7 Å². The average molecular weight is 345 g/mol. The first kappa shape index (κ1) is 15.0. The molecule has 0 atom stereocenters. The van der Waals surface area contributed by atoms with Gasteiger partial charge in [-0.15, -0.1) is 0 Å². The first-order valence-corrected chi connectivity index (χ1v) is 8.91. The van der Waals surface area contributed by atoms with Crippen molar-refractivity contribution in [3.8, 4) is 11.5 Å². The molecule has 0 amide bonds. The predicted molar refractivity (Wildman–Crippen MR) is 87.6 cm³/mol. The Morgan fingerprint density at radius 2 is 2.00 bits per heavy atom. The summed E-state index contributed by atoms with van der Waals surface area (Å²) in [5.41, 5.74) is 2.85. The van der Waals surface area contributed by atoms with Crippen molar-refractivity contribution in [3.63, 3.8) is 0 Å². The fourth-order valence-electron chi connectivity index (χ4n) is 2.60. The Labute approximate surface area is 138 Å². The van der Waals surface area contributed by atoms with Gasteiger partial charge in [0.15, 0.2) is 11.5 Å². The molecule has 4 rings (SSSR count). The number of hydrogen-bond acceptors (Lipinski definition) is 5. The van der Waals surface area contributed by atoms with E-state index in [-0.39, 0.29) is 11.7 Å². The maximum absolute atomic E-state index is 12.4. The van der Waals surface area contributed by atoms with Gasteiger partial charge in [-0.1, -0.05) is 6.07 Å². The lowest BCUT2D eigenvalue weighted by atomic mass is 10.1. The maximum atomic E-state index is 12.4. The number of fused-ring (bicyclic) bond motifs is 2. The van der Waals surface area contributed by atoms with E-state index in [4.69, 9.17) is 9.47 Å². The van der Waals surface area contributed by atoms with Crippen LogP contribution < -0.4 is 14.2 Å². The molecule has 3 aromatic rings. The van der Waals surface area contributed by atoms with E-state index in [0.717, 1.165) is 16.6 Å². The smallest absolute Gasteiger partial charge is 0.240 e. The number of aromatic amines is 1.